The van der Waals surface area contributed by atoms with Crippen LogP contribution in [0.2, 0.25) is 0 Å². The van der Waals surface area contributed by atoms with Crippen LogP contribution in [0, 0.1) is 0 Å². The third-order valence-electron chi connectivity index (χ3n) is 2.76. The van der Waals surface area contributed by atoms with Crippen LogP contribution in [0.15, 0.2) is 27.6 Å². The number of hydrogen-bond donors (Lipinski definition) is 1. The van der Waals surface area contributed by atoms with Gasteiger partial charge in [-0.3, -0.25) is 0 Å². The summed E-state index contributed by atoms with van der Waals surface area (Å²) in [6.07, 6.45) is 0. The average molecular weight is 318 g/mol. The molecule has 0 aromatic heterocycles. The Kier molecular flexibility index (Phi) is 7.19. The Bertz CT molecular complexity index is 342. The summed E-state index contributed by atoms with van der Waals surface area (Å²) < 4.78 is 1.07. The van der Waals surface area contributed by atoms with Crippen LogP contribution in [-0.2, 0) is 6.61 Å². The first-order valence-corrected chi connectivity index (χ1v) is 7.73. The molecule has 0 saturated heterocycles. The van der Waals surface area contributed by atoms with E-state index < -0.39 is 0 Å². The van der Waals surface area contributed by atoms with E-state index in [0.717, 1.165) is 35.4 Å². The highest BCUT2D eigenvalue weighted by Gasteiger charge is 2.04. The number of benzene rings is 1. The lowest BCUT2D eigenvalue weighted by Crippen LogP contribution is -2.25. The Hall–Kier alpha value is -0.0300. The van der Waals surface area contributed by atoms with Gasteiger partial charge in [-0.25, -0.2) is 0 Å². The van der Waals surface area contributed by atoms with Crippen LogP contribution in [0.4, 0.5) is 0 Å². The zero-order valence-electron chi connectivity index (χ0n) is 10.4. The Morgan fingerprint density at radius 1 is 1.29 bits per heavy atom. The largest absolute Gasteiger partial charge is 0.392 e. The monoisotopic (exact) mass is 317 g/mol. The third-order valence-corrected chi connectivity index (χ3v) is 4.33. The number of hydrogen-bond acceptors (Lipinski definition) is 3. The van der Waals surface area contributed by atoms with Gasteiger partial charge in [0.15, 0.2) is 0 Å². The molecule has 0 unspecified atom stereocenters. The van der Waals surface area contributed by atoms with Crippen molar-refractivity contribution in [2.75, 3.05) is 25.4 Å². The Labute approximate surface area is 117 Å². The Morgan fingerprint density at radius 2 is 2.00 bits per heavy atom. The van der Waals surface area contributed by atoms with Crippen molar-refractivity contribution in [1.29, 1.82) is 0 Å². The lowest BCUT2D eigenvalue weighted by molar-refractivity contribution is 0.279. The maximum Gasteiger partial charge on any atom is 0.0692 e. The normalized spacial score (nSPS) is 11.1. The number of rotatable bonds is 7. The van der Waals surface area contributed by atoms with Crippen molar-refractivity contribution in [1.82, 2.24) is 4.90 Å². The molecule has 0 fully saturated rings. The van der Waals surface area contributed by atoms with Gasteiger partial charge >= 0.3 is 0 Å². The van der Waals surface area contributed by atoms with Crippen LogP contribution < -0.4 is 0 Å². The van der Waals surface area contributed by atoms with Gasteiger partial charge in [-0.1, -0.05) is 35.8 Å². The fourth-order valence-corrected chi connectivity index (χ4v) is 3.23. The molecule has 4 heteroatoms. The maximum atomic E-state index is 9.27. The highest BCUT2D eigenvalue weighted by Crippen LogP contribution is 2.26. The van der Waals surface area contributed by atoms with E-state index in [2.05, 4.69) is 40.7 Å². The van der Waals surface area contributed by atoms with Gasteiger partial charge in [0.05, 0.1) is 6.61 Å². The Balaban J connectivity index is 2.53. The molecule has 0 aliphatic carbocycles. The minimum Gasteiger partial charge on any atom is -0.392 e. The molecule has 96 valence electrons. The van der Waals surface area contributed by atoms with Gasteiger partial charge in [0.1, 0.15) is 0 Å². The molecule has 0 bridgehead atoms. The van der Waals surface area contributed by atoms with Crippen molar-refractivity contribution in [3.63, 3.8) is 0 Å². The molecule has 0 spiro atoms. The van der Waals surface area contributed by atoms with Crippen LogP contribution in [0.5, 0.6) is 0 Å². The highest BCUT2D eigenvalue weighted by molar-refractivity contribution is 9.10. The van der Waals surface area contributed by atoms with Gasteiger partial charge in [-0.2, -0.15) is 0 Å². The van der Waals surface area contributed by atoms with E-state index >= 15 is 0 Å². The van der Waals surface area contributed by atoms with Crippen LogP contribution in [-0.4, -0.2) is 35.4 Å². The van der Waals surface area contributed by atoms with Gasteiger partial charge in [-0.05, 0) is 30.8 Å². The fraction of sp³-hybridized carbons (Fsp3) is 0.538. The summed E-state index contributed by atoms with van der Waals surface area (Å²) in [6.45, 7) is 7.78. The maximum absolute atomic E-state index is 9.27. The van der Waals surface area contributed by atoms with Crippen molar-refractivity contribution < 1.29 is 5.11 Å². The Morgan fingerprint density at radius 3 is 2.59 bits per heavy atom. The van der Waals surface area contributed by atoms with Crippen molar-refractivity contribution in [3.05, 3.63) is 28.2 Å². The van der Waals surface area contributed by atoms with Gasteiger partial charge in [-0.15, -0.1) is 11.8 Å². The van der Waals surface area contributed by atoms with Crippen molar-refractivity contribution in [3.8, 4) is 0 Å². The van der Waals surface area contributed by atoms with Gasteiger partial charge in [0.25, 0.3) is 0 Å². The van der Waals surface area contributed by atoms with E-state index in [-0.39, 0.29) is 6.61 Å². The first-order valence-electron chi connectivity index (χ1n) is 5.95. The van der Waals surface area contributed by atoms with E-state index in [0.29, 0.717) is 0 Å². The van der Waals surface area contributed by atoms with Crippen LogP contribution in [0.1, 0.15) is 19.4 Å². The van der Waals surface area contributed by atoms with Gasteiger partial charge in [0, 0.05) is 21.7 Å². The topological polar surface area (TPSA) is 23.5 Å². The molecular weight excluding hydrogens is 298 g/mol. The second-order valence-electron chi connectivity index (χ2n) is 3.79. The lowest BCUT2D eigenvalue weighted by Gasteiger charge is -2.17. The fourth-order valence-electron chi connectivity index (χ4n) is 1.62. The summed E-state index contributed by atoms with van der Waals surface area (Å²) in [7, 11) is 0. The minimum absolute atomic E-state index is 0.112. The summed E-state index contributed by atoms with van der Waals surface area (Å²) in [4.78, 5) is 3.58. The number of halogens is 1. The number of aliphatic hydroxyl groups excluding tert-OH is 1. The molecule has 1 aromatic rings. The predicted octanol–water partition coefficient (Wildman–Crippen LogP) is 3.38. The van der Waals surface area contributed by atoms with E-state index in [1.54, 1.807) is 0 Å². The molecule has 0 heterocycles. The molecule has 17 heavy (non-hydrogen) atoms. The predicted molar refractivity (Wildman–Crippen MR) is 78.6 cm³/mol. The number of nitrogens with zero attached hydrogens (tertiary/aromatic N) is 1. The molecular formula is C13H20BrNOS. The van der Waals surface area contributed by atoms with Crippen molar-refractivity contribution in [2.45, 2.75) is 25.3 Å². The van der Waals surface area contributed by atoms with E-state index in [1.165, 1.54) is 4.90 Å². The molecule has 0 radical (unpaired) electrons. The van der Waals surface area contributed by atoms with Crippen molar-refractivity contribution >= 4 is 27.7 Å². The molecule has 0 saturated carbocycles. The summed E-state index contributed by atoms with van der Waals surface area (Å²) in [5, 5.41) is 9.27. The summed E-state index contributed by atoms with van der Waals surface area (Å²) in [5.41, 5.74) is 1.01. The summed E-state index contributed by atoms with van der Waals surface area (Å²) in [6, 6.07) is 6.03. The first kappa shape index (κ1) is 15.0. The second kappa shape index (κ2) is 8.14. The molecule has 2 nitrogen and oxygen atoms in total. The SMILES string of the molecule is CCN(CC)CCSc1cc(Br)ccc1CO. The van der Waals surface area contributed by atoms with Gasteiger partial charge < -0.3 is 10.0 Å². The molecule has 1 N–H and O–H groups in total. The molecule has 0 atom stereocenters. The van der Waals surface area contributed by atoms with Crippen LogP contribution in [0.25, 0.3) is 0 Å². The standard InChI is InChI=1S/C13H20BrNOS/c1-3-15(4-2)7-8-17-13-9-12(14)6-5-11(13)10-16/h5-6,9,16H,3-4,7-8,10H2,1-2H3. The number of aliphatic hydroxyl groups is 1. The molecule has 1 aromatic carbocycles. The zero-order valence-corrected chi connectivity index (χ0v) is 12.9. The molecule has 0 amide bonds. The van der Waals surface area contributed by atoms with Gasteiger partial charge in [0.2, 0.25) is 0 Å². The quantitative estimate of drug-likeness (QED) is 0.780. The molecule has 0 aliphatic heterocycles. The van der Waals surface area contributed by atoms with E-state index in [4.69, 9.17) is 0 Å². The van der Waals surface area contributed by atoms with Crippen LogP contribution in [0.3, 0.4) is 0 Å². The third kappa shape index (κ3) is 5.00. The highest BCUT2D eigenvalue weighted by atomic mass is 79.9. The first-order chi connectivity index (χ1) is 8.21. The molecule has 0 aliphatic rings. The van der Waals surface area contributed by atoms with Crippen molar-refractivity contribution in [2.24, 2.45) is 0 Å². The smallest absolute Gasteiger partial charge is 0.0692 e. The zero-order chi connectivity index (χ0) is 12.7. The van der Waals surface area contributed by atoms with E-state index in [9.17, 15) is 5.11 Å². The number of thioether (sulfide) groups is 1. The van der Waals surface area contributed by atoms with Crippen LogP contribution >= 0.6 is 27.7 Å². The second-order valence-corrected chi connectivity index (χ2v) is 5.84. The minimum atomic E-state index is 0.112. The average Bonchev–Trinajstić information content (AvgIpc) is 2.35. The summed E-state index contributed by atoms with van der Waals surface area (Å²) in [5.74, 6) is 1.06. The van der Waals surface area contributed by atoms with E-state index in [1.807, 2.05) is 23.9 Å². The lowest BCUT2D eigenvalue weighted by atomic mass is 10.2. The summed E-state index contributed by atoms with van der Waals surface area (Å²) >= 11 is 5.28. The molecule has 1 rings (SSSR count).